The van der Waals surface area contributed by atoms with Crippen molar-refractivity contribution in [3.63, 3.8) is 0 Å². The number of likely N-dealkylation sites (tertiary alicyclic amines) is 1. The summed E-state index contributed by atoms with van der Waals surface area (Å²) < 4.78 is 25.0. The van der Waals surface area contributed by atoms with E-state index in [9.17, 15) is 9.18 Å². The minimum atomic E-state index is -0.197. The van der Waals surface area contributed by atoms with Gasteiger partial charge in [0.1, 0.15) is 12.4 Å². The van der Waals surface area contributed by atoms with Gasteiger partial charge >= 0.3 is 0 Å². The zero-order valence-corrected chi connectivity index (χ0v) is 14.3. The van der Waals surface area contributed by atoms with E-state index in [1.807, 2.05) is 6.07 Å². The third-order valence-corrected chi connectivity index (χ3v) is 4.81. The molecule has 0 bridgehead atoms. The van der Waals surface area contributed by atoms with Crippen LogP contribution in [0.4, 0.5) is 4.39 Å². The Balaban J connectivity index is 1.49. The lowest BCUT2D eigenvalue weighted by molar-refractivity contribution is -0.135. The molecule has 0 radical (unpaired) electrons. The Morgan fingerprint density at radius 1 is 1.50 bits per heavy atom. The van der Waals surface area contributed by atoms with Crippen LogP contribution in [0.1, 0.15) is 18.4 Å². The zero-order chi connectivity index (χ0) is 17.2. The molecule has 0 unspecified atom stereocenters. The SMILES string of the molecule is CN(C)C(=O)CO[C@H]1CO[C@@]2(CCN(Cc3cccc(F)c3)C2)C1. The lowest BCUT2D eigenvalue weighted by Gasteiger charge is -2.23. The highest BCUT2D eigenvalue weighted by Gasteiger charge is 2.45. The average Bonchev–Trinajstić information content (AvgIpc) is 3.12. The Hall–Kier alpha value is -1.50. The van der Waals surface area contributed by atoms with Gasteiger partial charge in [0, 0.05) is 40.2 Å². The van der Waals surface area contributed by atoms with Gasteiger partial charge in [-0.1, -0.05) is 12.1 Å². The second-order valence-corrected chi connectivity index (χ2v) is 7.01. The number of benzene rings is 1. The minimum absolute atomic E-state index is 0.0250. The maximum absolute atomic E-state index is 13.3. The van der Waals surface area contributed by atoms with E-state index in [1.54, 1.807) is 26.2 Å². The van der Waals surface area contributed by atoms with Gasteiger partial charge in [-0.05, 0) is 24.1 Å². The number of likely N-dealkylation sites (N-methyl/N-ethyl adjacent to an activating group) is 1. The molecule has 0 aliphatic carbocycles. The first-order valence-electron chi connectivity index (χ1n) is 8.38. The number of rotatable bonds is 5. The highest BCUT2D eigenvalue weighted by atomic mass is 19.1. The fourth-order valence-electron chi connectivity index (χ4n) is 3.47. The smallest absolute Gasteiger partial charge is 0.248 e. The normalized spacial score (nSPS) is 27.0. The van der Waals surface area contributed by atoms with E-state index in [4.69, 9.17) is 9.47 Å². The third kappa shape index (κ3) is 4.12. The predicted molar refractivity (Wildman–Crippen MR) is 88.0 cm³/mol. The quantitative estimate of drug-likeness (QED) is 0.820. The minimum Gasteiger partial charge on any atom is -0.371 e. The monoisotopic (exact) mass is 336 g/mol. The topological polar surface area (TPSA) is 42.0 Å². The van der Waals surface area contributed by atoms with Crippen LogP contribution in [0.25, 0.3) is 0 Å². The van der Waals surface area contributed by atoms with Gasteiger partial charge in [0.15, 0.2) is 0 Å². The van der Waals surface area contributed by atoms with Crippen LogP contribution in [-0.2, 0) is 20.8 Å². The summed E-state index contributed by atoms with van der Waals surface area (Å²) >= 11 is 0. The molecule has 0 N–H and O–H groups in total. The Bertz CT molecular complexity index is 595. The highest BCUT2D eigenvalue weighted by Crippen LogP contribution is 2.36. The van der Waals surface area contributed by atoms with Crippen molar-refractivity contribution >= 4 is 5.91 Å². The van der Waals surface area contributed by atoms with E-state index in [2.05, 4.69) is 4.90 Å². The van der Waals surface area contributed by atoms with Crippen molar-refractivity contribution in [2.45, 2.75) is 31.1 Å². The molecule has 1 spiro atoms. The molecule has 2 aliphatic rings. The van der Waals surface area contributed by atoms with Crippen molar-refractivity contribution in [1.29, 1.82) is 0 Å². The summed E-state index contributed by atoms with van der Waals surface area (Å²) in [6.45, 7) is 3.12. The van der Waals surface area contributed by atoms with Crippen LogP contribution in [0.2, 0.25) is 0 Å². The molecule has 1 aromatic carbocycles. The molecule has 2 atom stereocenters. The molecule has 5 nitrogen and oxygen atoms in total. The van der Waals surface area contributed by atoms with Crippen LogP contribution in [0, 0.1) is 5.82 Å². The van der Waals surface area contributed by atoms with Gasteiger partial charge in [-0.2, -0.15) is 0 Å². The first kappa shape index (κ1) is 17.3. The standard InChI is InChI=1S/C18H25FN2O3/c1-20(2)17(22)12-23-16-9-18(24-11-16)6-7-21(13-18)10-14-4-3-5-15(19)8-14/h3-5,8,16H,6-7,9-13H2,1-2H3/t16-,18+/m1/s1. The van der Waals surface area contributed by atoms with Gasteiger partial charge in [0.2, 0.25) is 5.91 Å². The van der Waals surface area contributed by atoms with Crippen molar-refractivity contribution < 1.29 is 18.7 Å². The molecule has 1 amide bonds. The maximum Gasteiger partial charge on any atom is 0.248 e. The van der Waals surface area contributed by atoms with Gasteiger partial charge in [-0.25, -0.2) is 4.39 Å². The molecule has 0 saturated carbocycles. The lowest BCUT2D eigenvalue weighted by Crippen LogP contribution is -2.33. The van der Waals surface area contributed by atoms with Gasteiger partial charge in [0.25, 0.3) is 0 Å². The van der Waals surface area contributed by atoms with Crippen LogP contribution < -0.4 is 0 Å². The molecule has 132 valence electrons. The van der Waals surface area contributed by atoms with E-state index in [1.165, 1.54) is 11.0 Å². The largest absolute Gasteiger partial charge is 0.371 e. The summed E-state index contributed by atoms with van der Waals surface area (Å²) in [5, 5.41) is 0. The summed E-state index contributed by atoms with van der Waals surface area (Å²) in [6.07, 6.45) is 1.74. The number of hydrogen-bond donors (Lipinski definition) is 0. The molecule has 3 rings (SSSR count). The van der Waals surface area contributed by atoms with E-state index >= 15 is 0 Å². The average molecular weight is 336 g/mol. The zero-order valence-electron chi connectivity index (χ0n) is 14.3. The lowest BCUT2D eigenvalue weighted by atomic mass is 9.98. The molecule has 24 heavy (non-hydrogen) atoms. The highest BCUT2D eigenvalue weighted by molar-refractivity contribution is 5.76. The number of nitrogens with zero attached hydrogens (tertiary/aromatic N) is 2. The van der Waals surface area contributed by atoms with Gasteiger partial charge in [0.05, 0.1) is 18.3 Å². The number of carbonyl (C=O) groups is 1. The second kappa shape index (κ2) is 7.17. The number of carbonyl (C=O) groups excluding carboxylic acids is 1. The van der Waals surface area contributed by atoms with E-state index in [-0.39, 0.29) is 30.0 Å². The first-order valence-corrected chi connectivity index (χ1v) is 8.38. The Morgan fingerprint density at radius 3 is 3.08 bits per heavy atom. The molecule has 2 saturated heterocycles. The Kier molecular flexibility index (Phi) is 5.18. The van der Waals surface area contributed by atoms with Crippen molar-refractivity contribution in [3.05, 3.63) is 35.6 Å². The molecule has 0 aromatic heterocycles. The molecular weight excluding hydrogens is 311 g/mol. The molecule has 6 heteroatoms. The summed E-state index contributed by atoms with van der Waals surface area (Å²) in [7, 11) is 3.44. The number of ether oxygens (including phenoxy) is 2. The predicted octanol–water partition coefficient (Wildman–Crippen LogP) is 1.66. The fourth-order valence-corrected chi connectivity index (χ4v) is 3.47. The number of halogens is 1. The van der Waals surface area contributed by atoms with Crippen LogP contribution in [0.3, 0.4) is 0 Å². The van der Waals surface area contributed by atoms with Crippen molar-refractivity contribution in [3.8, 4) is 0 Å². The molecule has 2 aliphatic heterocycles. The van der Waals surface area contributed by atoms with Crippen molar-refractivity contribution in [2.75, 3.05) is 40.4 Å². The summed E-state index contributed by atoms with van der Waals surface area (Å²) in [6, 6.07) is 6.74. The summed E-state index contributed by atoms with van der Waals surface area (Å²) in [4.78, 5) is 15.4. The molecule has 2 heterocycles. The molecule has 2 fully saturated rings. The van der Waals surface area contributed by atoms with Gasteiger partial charge < -0.3 is 14.4 Å². The van der Waals surface area contributed by atoms with Crippen LogP contribution in [-0.4, -0.2) is 67.8 Å². The van der Waals surface area contributed by atoms with Crippen LogP contribution in [0.15, 0.2) is 24.3 Å². The van der Waals surface area contributed by atoms with Crippen LogP contribution in [0.5, 0.6) is 0 Å². The molecule has 1 aromatic rings. The number of amides is 1. The Labute approximate surface area is 142 Å². The van der Waals surface area contributed by atoms with Crippen molar-refractivity contribution in [2.24, 2.45) is 0 Å². The van der Waals surface area contributed by atoms with Gasteiger partial charge in [-0.3, -0.25) is 9.69 Å². The van der Waals surface area contributed by atoms with E-state index in [0.29, 0.717) is 6.61 Å². The molecular formula is C18H25FN2O3. The van der Waals surface area contributed by atoms with E-state index < -0.39 is 0 Å². The van der Waals surface area contributed by atoms with E-state index in [0.717, 1.165) is 38.0 Å². The summed E-state index contributed by atoms with van der Waals surface area (Å²) in [5.41, 5.74) is 0.800. The first-order chi connectivity index (χ1) is 11.5. The summed E-state index contributed by atoms with van der Waals surface area (Å²) in [5.74, 6) is -0.229. The Morgan fingerprint density at radius 2 is 2.33 bits per heavy atom. The van der Waals surface area contributed by atoms with Crippen molar-refractivity contribution in [1.82, 2.24) is 9.80 Å². The fraction of sp³-hybridized carbons (Fsp3) is 0.611. The second-order valence-electron chi connectivity index (χ2n) is 7.01. The third-order valence-electron chi connectivity index (χ3n) is 4.81. The van der Waals surface area contributed by atoms with Crippen LogP contribution >= 0.6 is 0 Å². The maximum atomic E-state index is 13.3. The number of hydrogen-bond acceptors (Lipinski definition) is 4. The van der Waals surface area contributed by atoms with Gasteiger partial charge in [-0.15, -0.1) is 0 Å².